The SMILES string of the molecule is CC1C=CC=C2C(C(C)(C)C)=CSC21. The van der Waals surface area contributed by atoms with Crippen molar-refractivity contribution in [2.45, 2.75) is 32.9 Å². The zero-order valence-corrected chi connectivity index (χ0v) is 10.2. The summed E-state index contributed by atoms with van der Waals surface area (Å²) in [5, 5.41) is 3.04. The summed E-state index contributed by atoms with van der Waals surface area (Å²) in [7, 11) is 0. The van der Waals surface area contributed by atoms with E-state index in [2.05, 4.69) is 51.3 Å². The molecular weight excluding hydrogens is 188 g/mol. The fraction of sp³-hybridized carbons (Fsp3) is 0.538. The van der Waals surface area contributed by atoms with Crippen molar-refractivity contribution < 1.29 is 0 Å². The van der Waals surface area contributed by atoms with E-state index in [1.165, 1.54) is 5.57 Å². The van der Waals surface area contributed by atoms with Crippen LogP contribution in [0, 0.1) is 11.3 Å². The van der Waals surface area contributed by atoms with Crippen molar-refractivity contribution in [1.82, 2.24) is 0 Å². The van der Waals surface area contributed by atoms with Crippen molar-refractivity contribution in [2.24, 2.45) is 11.3 Å². The van der Waals surface area contributed by atoms with Gasteiger partial charge in [-0.05, 0) is 27.9 Å². The molecule has 1 heterocycles. The maximum atomic E-state index is 2.36. The molecule has 76 valence electrons. The number of hydrogen-bond acceptors (Lipinski definition) is 1. The van der Waals surface area contributed by atoms with Crippen molar-refractivity contribution in [3.8, 4) is 0 Å². The fourth-order valence-corrected chi connectivity index (χ4v) is 3.54. The zero-order valence-electron chi connectivity index (χ0n) is 9.37. The van der Waals surface area contributed by atoms with Crippen LogP contribution in [0.15, 0.2) is 34.8 Å². The first kappa shape index (κ1) is 10.1. The topological polar surface area (TPSA) is 0 Å². The number of fused-ring (bicyclic) bond motifs is 1. The van der Waals surface area contributed by atoms with Gasteiger partial charge in [-0.3, -0.25) is 0 Å². The minimum atomic E-state index is 0.290. The molecule has 0 fully saturated rings. The first-order valence-electron chi connectivity index (χ1n) is 5.25. The van der Waals surface area contributed by atoms with Gasteiger partial charge in [-0.25, -0.2) is 0 Å². The predicted octanol–water partition coefficient (Wildman–Crippen LogP) is 4.16. The Balaban J connectivity index is 2.33. The first-order valence-corrected chi connectivity index (χ1v) is 6.19. The molecule has 0 aromatic heterocycles. The van der Waals surface area contributed by atoms with Gasteiger partial charge in [0.2, 0.25) is 0 Å². The van der Waals surface area contributed by atoms with Crippen LogP contribution in [0.3, 0.4) is 0 Å². The van der Waals surface area contributed by atoms with Gasteiger partial charge in [-0.2, -0.15) is 0 Å². The Morgan fingerprint density at radius 3 is 2.64 bits per heavy atom. The minimum absolute atomic E-state index is 0.290. The second kappa shape index (κ2) is 3.30. The highest BCUT2D eigenvalue weighted by molar-refractivity contribution is 8.03. The van der Waals surface area contributed by atoms with Crippen molar-refractivity contribution in [3.05, 3.63) is 34.8 Å². The van der Waals surface area contributed by atoms with Crippen LogP contribution in [0.5, 0.6) is 0 Å². The maximum Gasteiger partial charge on any atom is 0.0401 e. The molecule has 0 spiro atoms. The number of thioether (sulfide) groups is 1. The lowest BCUT2D eigenvalue weighted by atomic mass is 9.79. The Morgan fingerprint density at radius 1 is 1.29 bits per heavy atom. The molecule has 0 aromatic rings. The van der Waals surface area contributed by atoms with E-state index in [4.69, 9.17) is 0 Å². The second-order valence-corrected chi connectivity index (χ2v) is 6.22. The highest BCUT2D eigenvalue weighted by atomic mass is 32.2. The molecule has 0 saturated heterocycles. The molecule has 14 heavy (non-hydrogen) atoms. The molecule has 1 aliphatic carbocycles. The van der Waals surface area contributed by atoms with Gasteiger partial charge in [-0.1, -0.05) is 45.9 Å². The third kappa shape index (κ3) is 1.58. The van der Waals surface area contributed by atoms with E-state index in [0.717, 1.165) is 0 Å². The Hall–Kier alpha value is -0.430. The monoisotopic (exact) mass is 206 g/mol. The molecule has 0 N–H and O–H groups in total. The van der Waals surface area contributed by atoms with E-state index in [1.807, 2.05) is 11.8 Å². The van der Waals surface area contributed by atoms with Gasteiger partial charge >= 0.3 is 0 Å². The van der Waals surface area contributed by atoms with Gasteiger partial charge < -0.3 is 0 Å². The van der Waals surface area contributed by atoms with Gasteiger partial charge in [0.25, 0.3) is 0 Å². The minimum Gasteiger partial charge on any atom is -0.125 e. The van der Waals surface area contributed by atoms with Gasteiger partial charge in [0.1, 0.15) is 0 Å². The Kier molecular flexibility index (Phi) is 2.38. The Bertz CT molecular complexity index is 326. The van der Waals surface area contributed by atoms with Gasteiger partial charge in [0.15, 0.2) is 0 Å². The molecule has 0 aromatic carbocycles. The predicted molar refractivity (Wildman–Crippen MR) is 65.3 cm³/mol. The summed E-state index contributed by atoms with van der Waals surface area (Å²) in [5.74, 6) is 0.677. The smallest absolute Gasteiger partial charge is 0.0401 e. The number of allylic oxidation sites excluding steroid dienone is 4. The largest absolute Gasteiger partial charge is 0.125 e. The quantitative estimate of drug-likeness (QED) is 0.573. The lowest BCUT2D eigenvalue weighted by Gasteiger charge is -2.27. The highest BCUT2D eigenvalue weighted by Gasteiger charge is 2.33. The second-order valence-electron chi connectivity index (χ2n) is 5.20. The molecular formula is C13H18S. The van der Waals surface area contributed by atoms with E-state index < -0.39 is 0 Å². The summed E-state index contributed by atoms with van der Waals surface area (Å²) >= 11 is 1.99. The molecule has 2 atom stereocenters. The molecule has 2 aliphatic rings. The summed E-state index contributed by atoms with van der Waals surface area (Å²) in [5.41, 5.74) is 3.37. The summed E-state index contributed by atoms with van der Waals surface area (Å²) in [6.45, 7) is 9.20. The molecule has 0 nitrogen and oxygen atoms in total. The number of rotatable bonds is 0. The normalized spacial score (nSPS) is 31.1. The van der Waals surface area contributed by atoms with E-state index in [-0.39, 0.29) is 0 Å². The van der Waals surface area contributed by atoms with Crippen molar-refractivity contribution >= 4 is 11.8 Å². The molecule has 2 rings (SSSR count). The van der Waals surface area contributed by atoms with Crippen LogP contribution in [-0.2, 0) is 0 Å². The molecule has 1 heteroatoms. The summed E-state index contributed by atoms with van der Waals surface area (Å²) in [6.07, 6.45) is 6.81. The fourth-order valence-electron chi connectivity index (χ4n) is 2.07. The van der Waals surface area contributed by atoms with Crippen molar-refractivity contribution in [2.75, 3.05) is 0 Å². The molecule has 1 aliphatic heterocycles. The lowest BCUT2D eigenvalue weighted by Crippen LogP contribution is -2.19. The van der Waals surface area contributed by atoms with Crippen LogP contribution in [0.4, 0.5) is 0 Å². The van der Waals surface area contributed by atoms with Gasteiger partial charge in [-0.15, -0.1) is 11.8 Å². The van der Waals surface area contributed by atoms with Crippen LogP contribution >= 0.6 is 11.8 Å². The Labute approximate surface area is 91.2 Å². The average Bonchev–Trinajstić information content (AvgIpc) is 2.47. The van der Waals surface area contributed by atoms with E-state index in [9.17, 15) is 0 Å². The maximum absolute atomic E-state index is 2.36. The lowest BCUT2D eigenvalue weighted by molar-refractivity contribution is 0.506. The summed E-state index contributed by atoms with van der Waals surface area (Å²) in [6, 6.07) is 0. The van der Waals surface area contributed by atoms with Crippen LogP contribution in [-0.4, -0.2) is 5.25 Å². The summed E-state index contributed by atoms with van der Waals surface area (Å²) in [4.78, 5) is 0. The van der Waals surface area contributed by atoms with Crippen LogP contribution in [0.2, 0.25) is 0 Å². The van der Waals surface area contributed by atoms with Gasteiger partial charge in [0.05, 0.1) is 0 Å². The third-order valence-corrected chi connectivity index (χ3v) is 4.27. The third-order valence-electron chi connectivity index (χ3n) is 2.93. The van der Waals surface area contributed by atoms with E-state index in [0.29, 0.717) is 16.6 Å². The van der Waals surface area contributed by atoms with Gasteiger partial charge in [0, 0.05) is 5.25 Å². The van der Waals surface area contributed by atoms with Crippen LogP contribution in [0.25, 0.3) is 0 Å². The molecule has 0 saturated carbocycles. The zero-order chi connectivity index (χ0) is 10.3. The van der Waals surface area contributed by atoms with Crippen molar-refractivity contribution in [1.29, 1.82) is 0 Å². The van der Waals surface area contributed by atoms with E-state index in [1.54, 1.807) is 5.57 Å². The van der Waals surface area contributed by atoms with E-state index >= 15 is 0 Å². The Morgan fingerprint density at radius 2 is 2.00 bits per heavy atom. The molecule has 0 amide bonds. The molecule has 2 unspecified atom stereocenters. The van der Waals surface area contributed by atoms with Crippen LogP contribution < -0.4 is 0 Å². The summed E-state index contributed by atoms with van der Waals surface area (Å²) < 4.78 is 0. The molecule has 0 radical (unpaired) electrons. The standard InChI is InChI=1S/C13H18S/c1-9-6-5-7-10-11(13(2,3)4)8-14-12(9)10/h5-9,12H,1-4H3. The number of hydrogen-bond donors (Lipinski definition) is 0. The van der Waals surface area contributed by atoms with Crippen LogP contribution in [0.1, 0.15) is 27.7 Å². The first-order chi connectivity index (χ1) is 6.50. The highest BCUT2D eigenvalue weighted by Crippen LogP contribution is 2.47. The average molecular weight is 206 g/mol. The van der Waals surface area contributed by atoms with Crippen molar-refractivity contribution in [3.63, 3.8) is 0 Å². The molecule has 0 bridgehead atoms.